The topological polar surface area (TPSA) is 72.1 Å². The maximum atomic E-state index is 12.2. The number of carbonyl (C=O) groups excluding carboxylic acids is 1. The molecule has 0 radical (unpaired) electrons. The average molecular weight is 262 g/mol. The number of carbonyl (C=O) groups is 1. The van der Waals surface area contributed by atoms with Crippen LogP contribution in [-0.4, -0.2) is 33.4 Å². The van der Waals surface area contributed by atoms with E-state index in [-0.39, 0.29) is 11.9 Å². The number of fused-ring (bicyclic) bond motifs is 1. The van der Waals surface area contributed by atoms with Gasteiger partial charge in [-0.15, -0.1) is 0 Å². The summed E-state index contributed by atoms with van der Waals surface area (Å²) in [5, 5.41) is 0. The monoisotopic (exact) mass is 262 g/mol. The van der Waals surface area contributed by atoms with Gasteiger partial charge in [-0.2, -0.15) is 0 Å². The van der Waals surface area contributed by atoms with Crippen LogP contribution in [0.4, 0.5) is 0 Å². The van der Waals surface area contributed by atoms with Crippen molar-refractivity contribution >= 4 is 5.91 Å². The molecule has 104 valence electrons. The molecule has 0 saturated carbocycles. The molecule has 0 fully saturated rings. The third kappa shape index (κ3) is 3.73. The van der Waals surface area contributed by atoms with Gasteiger partial charge in [-0.05, 0) is 6.42 Å². The van der Waals surface area contributed by atoms with Crippen molar-refractivity contribution in [1.82, 2.24) is 14.9 Å². The van der Waals surface area contributed by atoms with Crippen LogP contribution >= 0.6 is 0 Å². The van der Waals surface area contributed by atoms with Gasteiger partial charge in [0.2, 0.25) is 5.91 Å². The van der Waals surface area contributed by atoms with Crippen LogP contribution < -0.4 is 5.73 Å². The van der Waals surface area contributed by atoms with Crippen LogP contribution in [0.5, 0.6) is 0 Å². The van der Waals surface area contributed by atoms with Crippen molar-refractivity contribution in [2.24, 2.45) is 5.73 Å². The molecule has 19 heavy (non-hydrogen) atoms. The summed E-state index contributed by atoms with van der Waals surface area (Å²) >= 11 is 0. The van der Waals surface area contributed by atoms with Crippen LogP contribution in [0, 0.1) is 0 Å². The molecule has 0 bridgehead atoms. The zero-order chi connectivity index (χ0) is 13.7. The molecule has 0 spiro atoms. The molecule has 2 rings (SSSR count). The number of unbranched alkanes of at least 4 members (excludes halogenated alkanes) is 1. The molecule has 1 atom stereocenters. The van der Waals surface area contributed by atoms with Gasteiger partial charge < -0.3 is 10.6 Å². The van der Waals surface area contributed by atoms with Crippen molar-refractivity contribution < 1.29 is 4.79 Å². The molecule has 1 aliphatic heterocycles. The average Bonchev–Trinajstić information content (AvgIpc) is 2.44. The smallest absolute Gasteiger partial charge is 0.224 e. The number of aromatic nitrogens is 2. The molecule has 0 saturated heterocycles. The number of rotatable bonds is 5. The summed E-state index contributed by atoms with van der Waals surface area (Å²) in [6, 6.07) is -0.0131. The third-order valence-corrected chi connectivity index (χ3v) is 3.58. The summed E-state index contributed by atoms with van der Waals surface area (Å²) in [6.07, 6.45) is 7.77. The van der Waals surface area contributed by atoms with Crippen LogP contribution in [-0.2, 0) is 17.8 Å². The Kier molecular flexibility index (Phi) is 4.85. The quantitative estimate of drug-likeness (QED) is 0.867. The highest BCUT2D eigenvalue weighted by Gasteiger charge is 2.22. The van der Waals surface area contributed by atoms with E-state index in [0.717, 1.165) is 43.5 Å². The van der Waals surface area contributed by atoms with E-state index >= 15 is 0 Å². The lowest BCUT2D eigenvalue weighted by atomic mass is 10.0. The van der Waals surface area contributed by atoms with Crippen molar-refractivity contribution in [3.8, 4) is 0 Å². The molecule has 0 aliphatic carbocycles. The third-order valence-electron chi connectivity index (χ3n) is 3.58. The van der Waals surface area contributed by atoms with Gasteiger partial charge >= 0.3 is 0 Å². The van der Waals surface area contributed by atoms with Crippen molar-refractivity contribution in [2.75, 3.05) is 6.54 Å². The molecule has 5 heteroatoms. The molecule has 2 heterocycles. The van der Waals surface area contributed by atoms with Gasteiger partial charge in [0.05, 0.1) is 5.69 Å². The SMILES string of the molecule is CCCC[C@@H](N)CC(=O)N1CCc2ncncc2C1. The van der Waals surface area contributed by atoms with Gasteiger partial charge in [0.1, 0.15) is 6.33 Å². The van der Waals surface area contributed by atoms with E-state index in [1.807, 2.05) is 4.90 Å². The highest BCUT2D eigenvalue weighted by molar-refractivity contribution is 5.77. The van der Waals surface area contributed by atoms with Gasteiger partial charge in [-0.25, -0.2) is 9.97 Å². The Bertz CT molecular complexity index is 435. The fourth-order valence-electron chi connectivity index (χ4n) is 2.40. The molecule has 0 aromatic carbocycles. The number of hydrogen-bond donors (Lipinski definition) is 1. The minimum absolute atomic E-state index is 0.0131. The Labute approximate surface area is 114 Å². The minimum Gasteiger partial charge on any atom is -0.338 e. The standard InChI is InChI=1S/C14H22N4O/c1-2-3-4-12(15)7-14(19)18-6-5-13-11(9-18)8-16-10-17-13/h8,10,12H,2-7,9,15H2,1H3/t12-/m1/s1. The molecule has 5 nitrogen and oxygen atoms in total. The minimum atomic E-state index is -0.0131. The Hall–Kier alpha value is -1.49. The zero-order valence-electron chi connectivity index (χ0n) is 11.5. The largest absolute Gasteiger partial charge is 0.338 e. The lowest BCUT2D eigenvalue weighted by Crippen LogP contribution is -2.39. The van der Waals surface area contributed by atoms with Crippen LogP contribution in [0.25, 0.3) is 0 Å². The zero-order valence-corrected chi connectivity index (χ0v) is 11.5. The van der Waals surface area contributed by atoms with E-state index in [1.165, 1.54) is 0 Å². The van der Waals surface area contributed by atoms with Gasteiger partial charge in [0.25, 0.3) is 0 Å². The van der Waals surface area contributed by atoms with Crippen LogP contribution in [0.1, 0.15) is 43.9 Å². The van der Waals surface area contributed by atoms with Crippen molar-refractivity contribution in [2.45, 2.75) is 51.6 Å². The number of nitrogens with two attached hydrogens (primary N) is 1. The molecule has 2 N–H and O–H groups in total. The van der Waals surface area contributed by atoms with E-state index in [4.69, 9.17) is 5.73 Å². The molecular weight excluding hydrogens is 240 g/mol. The summed E-state index contributed by atoms with van der Waals surface area (Å²) in [7, 11) is 0. The van der Waals surface area contributed by atoms with Crippen LogP contribution in [0.15, 0.2) is 12.5 Å². The lowest BCUT2D eigenvalue weighted by Gasteiger charge is -2.28. The molecule has 1 aromatic heterocycles. The Morgan fingerprint density at radius 2 is 2.42 bits per heavy atom. The first-order chi connectivity index (χ1) is 9.20. The van der Waals surface area contributed by atoms with Gasteiger partial charge in [0.15, 0.2) is 0 Å². The Balaban J connectivity index is 1.88. The van der Waals surface area contributed by atoms with Gasteiger partial charge in [-0.1, -0.05) is 19.8 Å². The van der Waals surface area contributed by atoms with E-state index in [9.17, 15) is 4.79 Å². The predicted molar refractivity (Wildman–Crippen MR) is 73.3 cm³/mol. The van der Waals surface area contributed by atoms with Crippen LogP contribution in [0.3, 0.4) is 0 Å². The van der Waals surface area contributed by atoms with Gasteiger partial charge in [-0.3, -0.25) is 4.79 Å². The van der Waals surface area contributed by atoms with Crippen molar-refractivity contribution in [1.29, 1.82) is 0 Å². The predicted octanol–water partition coefficient (Wildman–Crippen LogP) is 1.27. The maximum absolute atomic E-state index is 12.2. The first-order valence-corrected chi connectivity index (χ1v) is 7.01. The highest BCUT2D eigenvalue weighted by atomic mass is 16.2. The first-order valence-electron chi connectivity index (χ1n) is 7.01. The van der Waals surface area contributed by atoms with Crippen LogP contribution in [0.2, 0.25) is 0 Å². The number of nitrogens with zero attached hydrogens (tertiary/aromatic N) is 3. The molecule has 1 amide bonds. The molecule has 1 aromatic rings. The molecule has 1 aliphatic rings. The number of hydrogen-bond acceptors (Lipinski definition) is 4. The lowest BCUT2D eigenvalue weighted by molar-refractivity contribution is -0.132. The fourth-order valence-corrected chi connectivity index (χ4v) is 2.40. The first kappa shape index (κ1) is 13.9. The van der Waals surface area contributed by atoms with E-state index in [1.54, 1.807) is 12.5 Å². The van der Waals surface area contributed by atoms with E-state index < -0.39 is 0 Å². The summed E-state index contributed by atoms with van der Waals surface area (Å²) < 4.78 is 0. The van der Waals surface area contributed by atoms with E-state index in [0.29, 0.717) is 13.0 Å². The second kappa shape index (κ2) is 6.61. The van der Waals surface area contributed by atoms with Crippen molar-refractivity contribution in [3.63, 3.8) is 0 Å². The molecule has 0 unspecified atom stereocenters. The maximum Gasteiger partial charge on any atom is 0.224 e. The number of amides is 1. The second-order valence-electron chi connectivity index (χ2n) is 5.17. The van der Waals surface area contributed by atoms with Gasteiger partial charge in [0, 0.05) is 43.7 Å². The summed E-state index contributed by atoms with van der Waals surface area (Å²) in [4.78, 5) is 22.3. The fraction of sp³-hybridized carbons (Fsp3) is 0.643. The summed E-state index contributed by atoms with van der Waals surface area (Å²) in [6.45, 7) is 3.49. The molecular formula is C14H22N4O. The van der Waals surface area contributed by atoms with Crippen molar-refractivity contribution in [3.05, 3.63) is 23.8 Å². The summed E-state index contributed by atoms with van der Waals surface area (Å²) in [5.74, 6) is 0.151. The highest BCUT2D eigenvalue weighted by Crippen LogP contribution is 2.17. The normalized spacial score (nSPS) is 16.0. The second-order valence-corrected chi connectivity index (χ2v) is 5.17. The van der Waals surface area contributed by atoms with E-state index in [2.05, 4.69) is 16.9 Å². The summed E-state index contributed by atoms with van der Waals surface area (Å²) in [5.41, 5.74) is 8.11. The Morgan fingerprint density at radius 1 is 1.58 bits per heavy atom. The Morgan fingerprint density at radius 3 is 3.21 bits per heavy atom.